The molecule has 0 spiro atoms. The quantitative estimate of drug-likeness (QED) is 0.254. The van der Waals surface area contributed by atoms with Crippen LogP contribution in [0.15, 0.2) is 28.8 Å². The molecule has 0 amide bonds. The number of aliphatic hydroxyl groups is 1. The van der Waals surface area contributed by atoms with Crippen molar-refractivity contribution in [3.8, 4) is 5.75 Å². The zero-order chi connectivity index (χ0) is 21.5. The van der Waals surface area contributed by atoms with Gasteiger partial charge in [0.05, 0.1) is 29.0 Å². The van der Waals surface area contributed by atoms with Crippen molar-refractivity contribution >= 4 is 70.1 Å². The molecule has 3 heterocycles. The number of fused-ring (bicyclic) bond motifs is 1. The lowest BCUT2D eigenvalue weighted by Gasteiger charge is -2.25. The van der Waals surface area contributed by atoms with E-state index in [-0.39, 0.29) is 12.5 Å². The molecule has 7 nitrogen and oxygen atoms in total. The van der Waals surface area contributed by atoms with Crippen molar-refractivity contribution in [1.82, 2.24) is 9.97 Å². The highest BCUT2D eigenvalue weighted by Gasteiger charge is 2.14. The Morgan fingerprint density at radius 1 is 1.26 bits per heavy atom. The predicted molar refractivity (Wildman–Crippen MR) is 135 cm³/mol. The van der Waals surface area contributed by atoms with Crippen molar-refractivity contribution < 1.29 is 18.4 Å². The highest BCUT2D eigenvalue weighted by molar-refractivity contribution is 14.2. The molecule has 1 fully saturated rings. The van der Waals surface area contributed by atoms with Gasteiger partial charge in [-0.2, -0.15) is 0 Å². The molecule has 3 aromatic rings. The number of aromatic nitrogens is 2. The summed E-state index contributed by atoms with van der Waals surface area (Å²) in [5.74, 6) is 1.13. The summed E-state index contributed by atoms with van der Waals surface area (Å²) in [6, 6.07) is 5.55. The number of piperidine rings is 1. The third kappa shape index (κ3) is 6.35. The molecule has 0 bridgehead atoms. The molecule has 0 aliphatic carbocycles. The fourth-order valence-electron chi connectivity index (χ4n) is 3.31. The standard InChI is InChI=1S/C21H24IN3O4S2/c22-31-28-14-15(12-26)13-27-16-4-6-18-19(10-16)29-20(24-18)7-5-17-11-23-21(30-17)25-8-2-1-3-9-25/h4-7,10-11,15,26H,1-3,8-9,12-14H2/b7-5+. The highest BCUT2D eigenvalue weighted by Crippen LogP contribution is 2.27. The van der Waals surface area contributed by atoms with E-state index in [2.05, 4.69) is 36.1 Å². The SMILES string of the molecule is OCC(COSI)COc1ccc2nc(/C=C/c3cnc(N4CCCCC4)s3)oc2c1. The first kappa shape index (κ1) is 22.8. The lowest BCUT2D eigenvalue weighted by molar-refractivity contribution is 0.125. The van der Waals surface area contributed by atoms with Crippen LogP contribution in [0.4, 0.5) is 5.13 Å². The second-order valence-electron chi connectivity index (χ2n) is 7.31. The van der Waals surface area contributed by atoms with E-state index in [0.717, 1.165) is 28.6 Å². The summed E-state index contributed by atoms with van der Waals surface area (Å²) in [5.41, 5.74) is 1.43. The molecular weight excluding hydrogens is 549 g/mol. The number of hydrogen-bond donors (Lipinski definition) is 1. The maximum atomic E-state index is 9.42. The number of thiazole rings is 1. The molecule has 1 aliphatic rings. The van der Waals surface area contributed by atoms with Crippen LogP contribution in [-0.2, 0) is 4.18 Å². The van der Waals surface area contributed by atoms with E-state index >= 15 is 0 Å². The van der Waals surface area contributed by atoms with Crippen LogP contribution < -0.4 is 9.64 Å². The van der Waals surface area contributed by atoms with Crippen molar-refractivity contribution in [3.05, 3.63) is 35.2 Å². The minimum absolute atomic E-state index is 0.00768. The molecule has 1 N–H and O–H groups in total. The number of aliphatic hydroxyl groups excluding tert-OH is 1. The Bertz CT molecular complexity index is 1000. The van der Waals surface area contributed by atoms with Gasteiger partial charge in [-0.3, -0.25) is 0 Å². The van der Waals surface area contributed by atoms with Crippen LogP contribution in [0.3, 0.4) is 0 Å². The summed E-state index contributed by atoms with van der Waals surface area (Å²) >= 11 is 3.74. The molecule has 10 heteroatoms. The van der Waals surface area contributed by atoms with Crippen molar-refractivity contribution in [2.24, 2.45) is 5.92 Å². The number of halogens is 1. The van der Waals surface area contributed by atoms with Crippen LogP contribution >= 0.6 is 41.8 Å². The molecule has 166 valence electrons. The second-order valence-corrected chi connectivity index (χ2v) is 9.80. The van der Waals surface area contributed by atoms with Gasteiger partial charge in [-0.05, 0) is 37.5 Å². The van der Waals surface area contributed by atoms with Gasteiger partial charge in [0.1, 0.15) is 11.3 Å². The van der Waals surface area contributed by atoms with E-state index in [4.69, 9.17) is 13.3 Å². The highest BCUT2D eigenvalue weighted by atomic mass is 127. The Kier molecular flexibility index (Phi) is 8.48. The first-order valence-electron chi connectivity index (χ1n) is 10.2. The Labute approximate surface area is 201 Å². The summed E-state index contributed by atoms with van der Waals surface area (Å²) in [6.07, 6.45) is 9.56. The largest absolute Gasteiger partial charge is 0.493 e. The van der Waals surface area contributed by atoms with E-state index in [0.29, 0.717) is 30.4 Å². The summed E-state index contributed by atoms with van der Waals surface area (Å²) in [5, 5.41) is 10.5. The molecule has 31 heavy (non-hydrogen) atoms. The molecule has 4 rings (SSSR count). The van der Waals surface area contributed by atoms with Gasteiger partial charge in [0.15, 0.2) is 10.7 Å². The summed E-state index contributed by atoms with van der Waals surface area (Å²) in [7, 11) is 1.25. The molecular formula is C21H24IN3O4S2. The number of rotatable bonds is 10. The smallest absolute Gasteiger partial charge is 0.220 e. The molecule has 1 aliphatic heterocycles. The Balaban J connectivity index is 1.38. The number of hydrogen-bond acceptors (Lipinski definition) is 9. The topological polar surface area (TPSA) is 80.8 Å². The molecule has 1 saturated heterocycles. The van der Waals surface area contributed by atoms with E-state index < -0.39 is 0 Å². The molecule has 0 radical (unpaired) electrons. The van der Waals surface area contributed by atoms with E-state index in [1.165, 1.54) is 28.5 Å². The van der Waals surface area contributed by atoms with Gasteiger partial charge in [0.25, 0.3) is 0 Å². The molecule has 1 atom stereocenters. The molecule has 1 unspecified atom stereocenters. The van der Waals surface area contributed by atoms with Gasteiger partial charge in [0, 0.05) is 63.4 Å². The number of oxazole rings is 1. The van der Waals surface area contributed by atoms with Crippen LogP contribution in [0, 0.1) is 5.92 Å². The minimum Gasteiger partial charge on any atom is -0.493 e. The number of ether oxygens (including phenoxy) is 1. The molecule has 0 saturated carbocycles. The number of benzene rings is 1. The molecule has 1 aromatic carbocycles. The van der Waals surface area contributed by atoms with Gasteiger partial charge in [0.2, 0.25) is 5.89 Å². The van der Waals surface area contributed by atoms with Crippen LogP contribution in [0.5, 0.6) is 5.75 Å². The van der Waals surface area contributed by atoms with Crippen molar-refractivity contribution in [1.29, 1.82) is 0 Å². The van der Waals surface area contributed by atoms with Crippen molar-refractivity contribution in [2.75, 3.05) is 37.8 Å². The average Bonchev–Trinajstić information content (AvgIpc) is 3.45. The minimum atomic E-state index is -0.0829. The summed E-state index contributed by atoms with van der Waals surface area (Å²) in [6.45, 7) is 2.99. The first-order chi connectivity index (χ1) is 15.2. The lowest BCUT2D eigenvalue weighted by Crippen LogP contribution is -2.29. The van der Waals surface area contributed by atoms with E-state index in [1.807, 2.05) is 36.5 Å². The maximum absolute atomic E-state index is 9.42. The predicted octanol–water partition coefficient (Wildman–Crippen LogP) is 5.45. The maximum Gasteiger partial charge on any atom is 0.220 e. The van der Waals surface area contributed by atoms with Crippen molar-refractivity contribution in [2.45, 2.75) is 19.3 Å². The fraction of sp³-hybridized carbons (Fsp3) is 0.429. The molecule has 2 aromatic heterocycles. The lowest BCUT2D eigenvalue weighted by atomic mass is 10.1. The normalized spacial score (nSPS) is 15.7. The fourth-order valence-corrected chi connectivity index (χ4v) is 4.87. The van der Waals surface area contributed by atoms with Crippen LogP contribution in [0.25, 0.3) is 23.3 Å². The third-order valence-corrected chi connectivity index (χ3v) is 7.01. The first-order valence-corrected chi connectivity index (χ1v) is 14.3. The Morgan fingerprint density at radius 3 is 2.94 bits per heavy atom. The number of anilines is 1. The third-order valence-electron chi connectivity index (χ3n) is 5.00. The van der Waals surface area contributed by atoms with Gasteiger partial charge >= 0.3 is 0 Å². The average molecular weight is 573 g/mol. The van der Waals surface area contributed by atoms with Gasteiger partial charge in [-0.25, -0.2) is 9.97 Å². The van der Waals surface area contributed by atoms with Crippen LogP contribution in [0.1, 0.15) is 30.0 Å². The summed E-state index contributed by atoms with van der Waals surface area (Å²) < 4.78 is 16.9. The van der Waals surface area contributed by atoms with Gasteiger partial charge < -0.3 is 23.3 Å². The number of nitrogens with zero attached hydrogens (tertiary/aromatic N) is 3. The zero-order valence-corrected chi connectivity index (χ0v) is 20.7. The Hall–Kier alpha value is -1.34. The second kappa shape index (κ2) is 11.5. The Morgan fingerprint density at radius 2 is 2.13 bits per heavy atom. The zero-order valence-electron chi connectivity index (χ0n) is 16.9. The summed E-state index contributed by atoms with van der Waals surface area (Å²) in [4.78, 5) is 12.5. The van der Waals surface area contributed by atoms with Crippen molar-refractivity contribution in [3.63, 3.8) is 0 Å². The van der Waals surface area contributed by atoms with Gasteiger partial charge in [-0.15, -0.1) is 0 Å². The monoisotopic (exact) mass is 573 g/mol. The van der Waals surface area contributed by atoms with Crippen LogP contribution in [-0.4, -0.2) is 48.0 Å². The van der Waals surface area contributed by atoms with E-state index in [1.54, 1.807) is 11.3 Å². The van der Waals surface area contributed by atoms with Gasteiger partial charge in [-0.1, -0.05) is 11.3 Å². The van der Waals surface area contributed by atoms with E-state index in [9.17, 15) is 5.11 Å². The van der Waals surface area contributed by atoms with Crippen LogP contribution in [0.2, 0.25) is 0 Å².